The molecule has 2 aromatic rings. The number of amides is 2. The molecule has 4 rings (SSSR count). The molecular weight excluding hydrogens is 510 g/mol. The number of carbonyl (C=O) groups excluding carboxylic acids is 2. The molecule has 0 unspecified atom stereocenters. The second kappa shape index (κ2) is 15.1. The molecule has 0 spiro atoms. The SMILES string of the molecule is O=C(CCCCc1ccccc1)N1CCC(B(O)Oc2cccc(COC(=O)N3CCC(B(O)O)CC3)c2)CC1. The number of nitrogens with zero attached hydrogens (tertiary/aromatic N) is 2. The summed E-state index contributed by atoms with van der Waals surface area (Å²) in [6.07, 6.45) is 5.37. The first-order valence-electron chi connectivity index (χ1n) is 14.4. The minimum absolute atomic E-state index is 0.0658. The number of carbonyl (C=O) groups is 2. The highest BCUT2D eigenvalue weighted by atomic mass is 16.6. The number of benzene rings is 2. The minimum atomic E-state index is -1.35. The van der Waals surface area contributed by atoms with Crippen molar-refractivity contribution in [2.24, 2.45) is 0 Å². The normalized spacial score (nSPS) is 16.5. The molecule has 11 heteroatoms. The predicted molar refractivity (Wildman–Crippen MR) is 154 cm³/mol. The molecule has 214 valence electrons. The van der Waals surface area contributed by atoms with Gasteiger partial charge in [-0.05, 0) is 74.0 Å². The number of unbranched alkanes of at least 4 members (excludes halogenated alkanes) is 1. The summed E-state index contributed by atoms with van der Waals surface area (Å²) < 4.78 is 11.3. The third-order valence-electron chi connectivity index (χ3n) is 7.98. The largest absolute Gasteiger partial charge is 0.536 e. The van der Waals surface area contributed by atoms with Crippen LogP contribution in [0.25, 0.3) is 0 Å². The Hall–Kier alpha value is -3.01. The van der Waals surface area contributed by atoms with E-state index in [9.17, 15) is 24.7 Å². The van der Waals surface area contributed by atoms with Gasteiger partial charge in [-0.15, -0.1) is 0 Å². The summed E-state index contributed by atoms with van der Waals surface area (Å²) in [4.78, 5) is 28.5. The maximum atomic E-state index is 12.6. The first-order chi connectivity index (χ1) is 19.4. The van der Waals surface area contributed by atoms with Crippen molar-refractivity contribution in [3.05, 3.63) is 65.7 Å². The van der Waals surface area contributed by atoms with Gasteiger partial charge in [0, 0.05) is 38.4 Å². The Morgan fingerprint density at radius 3 is 2.15 bits per heavy atom. The standard InChI is InChI=1S/C29H40B2N2O7/c34-28(12-5-4-9-23-7-2-1-3-8-23)32-17-15-26(16-18-32)31(38)40-27-11-6-10-24(21-27)22-39-29(35)33-19-13-25(14-20-33)30(36)37/h1-3,6-8,10-11,21,25-26,36-38H,4-5,9,12-20,22H2. The minimum Gasteiger partial charge on any atom is -0.536 e. The van der Waals surface area contributed by atoms with Gasteiger partial charge in [-0.25, -0.2) is 4.79 Å². The summed E-state index contributed by atoms with van der Waals surface area (Å²) in [5.74, 6) is 0.395. The zero-order valence-corrected chi connectivity index (χ0v) is 23.1. The van der Waals surface area contributed by atoms with Crippen LogP contribution >= 0.6 is 0 Å². The second-order valence-corrected chi connectivity index (χ2v) is 10.9. The molecule has 40 heavy (non-hydrogen) atoms. The summed E-state index contributed by atoms with van der Waals surface area (Å²) in [6.45, 7) is 2.16. The van der Waals surface area contributed by atoms with E-state index in [0.29, 0.717) is 64.0 Å². The van der Waals surface area contributed by atoms with Gasteiger partial charge in [0.2, 0.25) is 5.91 Å². The molecule has 2 aromatic carbocycles. The van der Waals surface area contributed by atoms with Crippen molar-refractivity contribution < 1.29 is 34.1 Å². The van der Waals surface area contributed by atoms with Crippen LogP contribution in [0.2, 0.25) is 11.6 Å². The van der Waals surface area contributed by atoms with Crippen LogP contribution in [-0.2, 0) is 22.6 Å². The average Bonchev–Trinajstić information content (AvgIpc) is 2.99. The Morgan fingerprint density at radius 2 is 1.45 bits per heavy atom. The van der Waals surface area contributed by atoms with Gasteiger partial charge >= 0.3 is 20.3 Å². The monoisotopic (exact) mass is 550 g/mol. The van der Waals surface area contributed by atoms with Gasteiger partial charge in [0.25, 0.3) is 0 Å². The van der Waals surface area contributed by atoms with Crippen molar-refractivity contribution in [2.45, 2.75) is 69.6 Å². The Morgan fingerprint density at radius 1 is 0.800 bits per heavy atom. The number of hydrogen-bond donors (Lipinski definition) is 3. The van der Waals surface area contributed by atoms with Gasteiger partial charge in [0.05, 0.1) is 0 Å². The molecular formula is C29H40B2N2O7. The van der Waals surface area contributed by atoms with Crippen molar-refractivity contribution in [3.63, 3.8) is 0 Å². The van der Waals surface area contributed by atoms with Crippen LogP contribution in [0.5, 0.6) is 5.75 Å². The lowest BCUT2D eigenvalue weighted by molar-refractivity contribution is -0.132. The highest BCUT2D eigenvalue weighted by Crippen LogP contribution is 2.28. The molecule has 0 aliphatic carbocycles. The van der Waals surface area contributed by atoms with E-state index >= 15 is 0 Å². The second-order valence-electron chi connectivity index (χ2n) is 10.9. The summed E-state index contributed by atoms with van der Waals surface area (Å²) in [6, 6.07) is 17.4. The Kier molecular flexibility index (Phi) is 11.3. The van der Waals surface area contributed by atoms with Gasteiger partial charge in [-0.2, -0.15) is 0 Å². The molecule has 0 aromatic heterocycles. The molecule has 0 atom stereocenters. The molecule has 0 bridgehead atoms. The van der Waals surface area contributed by atoms with Crippen LogP contribution in [0, 0.1) is 0 Å². The van der Waals surface area contributed by atoms with Gasteiger partial charge in [-0.3, -0.25) is 4.79 Å². The number of ether oxygens (including phenoxy) is 1. The first-order valence-corrected chi connectivity index (χ1v) is 14.4. The number of hydrogen-bond acceptors (Lipinski definition) is 7. The molecule has 3 N–H and O–H groups in total. The number of piperidine rings is 2. The molecule has 0 radical (unpaired) electrons. The fourth-order valence-corrected chi connectivity index (χ4v) is 5.40. The number of aryl methyl sites for hydroxylation is 1. The van der Waals surface area contributed by atoms with Crippen LogP contribution in [0.3, 0.4) is 0 Å². The molecule has 2 saturated heterocycles. The van der Waals surface area contributed by atoms with E-state index in [0.717, 1.165) is 24.8 Å². The topological polar surface area (TPSA) is 120 Å². The lowest BCUT2D eigenvalue weighted by Crippen LogP contribution is -2.42. The molecule has 2 aliphatic rings. The van der Waals surface area contributed by atoms with E-state index in [2.05, 4.69) is 12.1 Å². The summed E-state index contributed by atoms with van der Waals surface area (Å²) in [5.41, 5.74) is 2.04. The fourth-order valence-electron chi connectivity index (χ4n) is 5.40. The van der Waals surface area contributed by atoms with Crippen LogP contribution in [0.15, 0.2) is 54.6 Å². The van der Waals surface area contributed by atoms with E-state index < -0.39 is 20.3 Å². The number of rotatable bonds is 11. The van der Waals surface area contributed by atoms with Gasteiger partial charge in [0.1, 0.15) is 12.4 Å². The van der Waals surface area contributed by atoms with Crippen molar-refractivity contribution in [3.8, 4) is 5.75 Å². The third kappa shape index (κ3) is 9.01. The fraction of sp³-hybridized carbons (Fsp3) is 0.517. The van der Waals surface area contributed by atoms with Crippen LogP contribution in [0.4, 0.5) is 4.79 Å². The smallest absolute Gasteiger partial charge is 0.526 e. The summed E-state index contributed by atoms with van der Waals surface area (Å²) >= 11 is 0. The van der Waals surface area contributed by atoms with Crippen molar-refractivity contribution in [2.75, 3.05) is 26.2 Å². The molecule has 2 amide bonds. The zero-order valence-electron chi connectivity index (χ0n) is 23.1. The Labute approximate surface area is 237 Å². The molecule has 2 aliphatic heterocycles. The lowest BCUT2D eigenvalue weighted by Gasteiger charge is -2.32. The molecule has 2 heterocycles. The van der Waals surface area contributed by atoms with E-state index in [1.165, 1.54) is 5.56 Å². The predicted octanol–water partition coefficient (Wildman–Crippen LogP) is 3.53. The van der Waals surface area contributed by atoms with Gasteiger partial charge in [-0.1, -0.05) is 42.5 Å². The highest BCUT2D eigenvalue weighted by Gasteiger charge is 2.34. The van der Waals surface area contributed by atoms with Gasteiger partial charge in [0.15, 0.2) is 0 Å². The van der Waals surface area contributed by atoms with Crippen molar-refractivity contribution in [1.82, 2.24) is 9.80 Å². The average molecular weight is 550 g/mol. The molecule has 2 fully saturated rings. The van der Waals surface area contributed by atoms with E-state index in [1.54, 1.807) is 23.1 Å². The van der Waals surface area contributed by atoms with Gasteiger partial charge < -0.3 is 34.3 Å². The Balaban J connectivity index is 1.14. The van der Waals surface area contributed by atoms with Crippen molar-refractivity contribution >= 4 is 26.2 Å². The Bertz CT molecular complexity index is 1080. The van der Waals surface area contributed by atoms with Crippen LogP contribution in [0.1, 0.15) is 56.1 Å². The molecule has 9 nitrogen and oxygen atoms in total. The maximum Gasteiger partial charge on any atom is 0.526 e. The number of likely N-dealkylation sites (tertiary alicyclic amines) is 2. The van der Waals surface area contributed by atoms with E-state index in [4.69, 9.17) is 9.39 Å². The van der Waals surface area contributed by atoms with Crippen LogP contribution in [-0.4, -0.2) is 77.3 Å². The molecule has 0 saturated carbocycles. The maximum absolute atomic E-state index is 12.6. The lowest BCUT2D eigenvalue weighted by atomic mass is 9.67. The quantitative estimate of drug-likeness (QED) is 0.289. The van der Waals surface area contributed by atoms with Crippen LogP contribution < -0.4 is 4.65 Å². The summed E-state index contributed by atoms with van der Waals surface area (Å²) in [5, 5.41) is 29.3. The van der Waals surface area contributed by atoms with E-state index in [1.807, 2.05) is 29.2 Å². The zero-order chi connectivity index (χ0) is 28.3. The highest BCUT2D eigenvalue weighted by molar-refractivity contribution is 6.45. The first kappa shape index (κ1) is 30.0. The summed E-state index contributed by atoms with van der Waals surface area (Å²) in [7, 11) is -2.34. The third-order valence-corrected chi connectivity index (χ3v) is 7.98. The van der Waals surface area contributed by atoms with E-state index in [-0.39, 0.29) is 24.1 Å². The van der Waals surface area contributed by atoms with Crippen molar-refractivity contribution in [1.29, 1.82) is 0 Å².